The molecule has 1 aliphatic rings. The Balaban J connectivity index is 1.50. The molecule has 2 aromatic rings. The zero-order valence-electron chi connectivity index (χ0n) is 13.0. The smallest absolute Gasteiger partial charge is 0.358 e. The summed E-state index contributed by atoms with van der Waals surface area (Å²) in [5.41, 5.74) is 0.708. The standard InChI is InChI=1S/C16H14FN3O4S/c17-10-3-1-9(2-4-10)14-19-12(8-25-14)15(22)24-7-13(21)20-16(23)18-11-5-6-11/h1-4,8,11H,5-7H2,(H2,18,20,21,23). The van der Waals surface area contributed by atoms with Crippen molar-refractivity contribution in [2.75, 3.05) is 6.61 Å². The molecule has 0 spiro atoms. The lowest BCUT2D eigenvalue weighted by molar-refractivity contribution is -0.123. The van der Waals surface area contributed by atoms with Crippen LogP contribution in [0.25, 0.3) is 10.6 Å². The van der Waals surface area contributed by atoms with E-state index in [4.69, 9.17) is 4.74 Å². The number of rotatable bonds is 5. The summed E-state index contributed by atoms with van der Waals surface area (Å²) >= 11 is 1.20. The van der Waals surface area contributed by atoms with E-state index < -0.39 is 24.5 Å². The van der Waals surface area contributed by atoms with Crippen LogP contribution in [0.5, 0.6) is 0 Å². The molecule has 1 fully saturated rings. The van der Waals surface area contributed by atoms with Crippen LogP contribution in [0.2, 0.25) is 0 Å². The number of esters is 1. The summed E-state index contributed by atoms with van der Waals surface area (Å²) in [5, 5.41) is 6.67. The lowest BCUT2D eigenvalue weighted by atomic mass is 10.2. The summed E-state index contributed by atoms with van der Waals surface area (Å²) < 4.78 is 17.8. The molecule has 1 aromatic heterocycles. The highest BCUT2D eigenvalue weighted by Crippen LogP contribution is 2.24. The number of nitrogens with zero attached hydrogens (tertiary/aromatic N) is 1. The molecular formula is C16H14FN3O4S. The number of urea groups is 1. The third-order valence-corrected chi connectivity index (χ3v) is 4.20. The van der Waals surface area contributed by atoms with Gasteiger partial charge < -0.3 is 10.1 Å². The Labute approximate surface area is 146 Å². The van der Waals surface area contributed by atoms with Gasteiger partial charge >= 0.3 is 12.0 Å². The normalized spacial score (nSPS) is 13.2. The minimum atomic E-state index is -0.776. The van der Waals surface area contributed by atoms with Gasteiger partial charge in [0.1, 0.15) is 10.8 Å². The molecule has 1 heterocycles. The van der Waals surface area contributed by atoms with E-state index in [2.05, 4.69) is 15.6 Å². The summed E-state index contributed by atoms with van der Waals surface area (Å²) in [7, 11) is 0. The van der Waals surface area contributed by atoms with Crippen LogP contribution in [-0.4, -0.2) is 35.5 Å². The number of nitrogens with one attached hydrogen (secondary N) is 2. The van der Waals surface area contributed by atoms with Gasteiger partial charge in [0.15, 0.2) is 12.3 Å². The minimum absolute atomic E-state index is 0.0413. The molecular weight excluding hydrogens is 349 g/mol. The van der Waals surface area contributed by atoms with E-state index in [1.54, 1.807) is 12.1 Å². The van der Waals surface area contributed by atoms with Gasteiger partial charge in [-0.1, -0.05) is 0 Å². The predicted molar refractivity (Wildman–Crippen MR) is 87.5 cm³/mol. The average Bonchev–Trinajstić information content (AvgIpc) is 3.25. The molecule has 3 amide bonds. The maximum Gasteiger partial charge on any atom is 0.358 e. The Bertz CT molecular complexity index is 802. The Morgan fingerprint density at radius 2 is 1.96 bits per heavy atom. The fourth-order valence-corrected chi connectivity index (χ4v) is 2.70. The lowest BCUT2D eigenvalue weighted by Gasteiger charge is -2.05. The number of hydrogen-bond donors (Lipinski definition) is 2. The topological polar surface area (TPSA) is 97.4 Å². The van der Waals surface area contributed by atoms with Crippen LogP contribution in [-0.2, 0) is 9.53 Å². The zero-order chi connectivity index (χ0) is 17.8. The summed E-state index contributed by atoms with van der Waals surface area (Å²) in [6.07, 6.45) is 1.80. The zero-order valence-corrected chi connectivity index (χ0v) is 13.8. The number of carbonyl (C=O) groups excluding carboxylic acids is 3. The van der Waals surface area contributed by atoms with Crippen LogP contribution in [0.4, 0.5) is 9.18 Å². The number of halogens is 1. The van der Waals surface area contributed by atoms with Crippen LogP contribution >= 0.6 is 11.3 Å². The van der Waals surface area contributed by atoms with E-state index in [9.17, 15) is 18.8 Å². The van der Waals surface area contributed by atoms with Crippen molar-refractivity contribution >= 4 is 29.2 Å². The average molecular weight is 363 g/mol. The van der Waals surface area contributed by atoms with Gasteiger partial charge in [0.25, 0.3) is 5.91 Å². The van der Waals surface area contributed by atoms with Gasteiger partial charge in [-0.2, -0.15) is 0 Å². The molecule has 0 bridgehead atoms. The van der Waals surface area contributed by atoms with Crippen LogP contribution in [0.1, 0.15) is 23.3 Å². The Kier molecular flexibility index (Phi) is 5.03. The Hall–Kier alpha value is -2.81. The molecule has 25 heavy (non-hydrogen) atoms. The van der Waals surface area contributed by atoms with Crippen molar-refractivity contribution in [3.05, 3.63) is 41.2 Å². The summed E-state index contributed by atoms with van der Waals surface area (Å²) in [6.45, 7) is -0.583. The van der Waals surface area contributed by atoms with E-state index in [-0.39, 0.29) is 17.6 Å². The highest BCUT2D eigenvalue weighted by Gasteiger charge is 2.24. The number of amides is 3. The molecule has 9 heteroatoms. The first-order valence-electron chi connectivity index (χ1n) is 7.50. The predicted octanol–water partition coefficient (Wildman–Crippen LogP) is 2.09. The number of benzene rings is 1. The number of imide groups is 1. The van der Waals surface area contributed by atoms with E-state index in [1.165, 1.54) is 28.8 Å². The SMILES string of the molecule is O=C(COC(=O)c1csc(-c2ccc(F)cc2)n1)NC(=O)NC1CC1. The van der Waals surface area contributed by atoms with Gasteiger partial charge in [0.2, 0.25) is 0 Å². The first-order chi connectivity index (χ1) is 12.0. The Morgan fingerprint density at radius 3 is 2.64 bits per heavy atom. The maximum absolute atomic E-state index is 12.9. The van der Waals surface area contributed by atoms with E-state index in [0.29, 0.717) is 10.6 Å². The molecule has 1 aliphatic carbocycles. The van der Waals surface area contributed by atoms with Gasteiger partial charge in [0.05, 0.1) is 0 Å². The second-order valence-corrected chi connectivity index (χ2v) is 6.27. The molecule has 0 aliphatic heterocycles. The molecule has 7 nitrogen and oxygen atoms in total. The van der Waals surface area contributed by atoms with E-state index in [0.717, 1.165) is 12.8 Å². The lowest BCUT2D eigenvalue weighted by Crippen LogP contribution is -2.42. The monoisotopic (exact) mass is 363 g/mol. The molecule has 3 rings (SSSR count). The third kappa shape index (κ3) is 4.83. The van der Waals surface area contributed by atoms with Gasteiger partial charge in [-0.25, -0.2) is 19.0 Å². The number of thiazole rings is 1. The Morgan fingerprint density at radius 1 is 1.24 bits per heavy atom. The second-order valence-electron chi connectivity index (χ2n) is 5.42. The van der Waals surface area contributed by atoms with Gasteiger partial charge in [0, 0.05) is 17.0 Å². The van der Waals surface area contributed by atoms with Gasteiger partial charge in [-0.05, 0) is 37.1 Å². The van der Waals surface area contributed by atoms with E-state index >= 15 is 0 Å². The van der Waals surface area contributed by atoms with E-state index in [1.807, 2.05) is 0 Å². The highest BCUT2D eigenvalue weighted by molar-refractivity contribution is 7.13. The fourth-order valence-electron chi connectivity index (χ4n) is 1.91. The molecule has 0 radical (unpaired) electrons. The third-order valence-electron chi connectivity index (χ3n) is 3.30. The van der Waals surface area contributed by atoms with Crippen molar-refractivity contribution in [1.82, 2.24) is 15.6 Å². The quantitative estimate of drug-likeness (QED) is 0.793. The van der Waals surface area contributed by atoms with Crippen molar-refractivity contribution in [2.45, 2.75) is 18.9 Å². The highest BCUT2D eigenvalue weighted by atomic mass is 32.1. The largest absolute Gasteiger partial charge is 0.451 e. The first-order valence-corrected chi connectivity index (χ1v) is 8.38. The summed E-state index contributed by atoms with van der Waals surface area (Å²) in [6, 6.07) is 5.22. The molecule has 2 N–H and O–H groups in total. The first kappa shape index (κ1) is 17.0. The summed E-state index contributed by atoms with van der Waals surface area (Å²) in [5.74, 6) is -1.86. The molecule has 0 saturated heterocycles. The number of ether oxygens (including phenoxy) is 1. The van der Waals surface area contributed by atoms with Crippen molar-refractivity contribution in [2.24, 2.45) is 0 Å². The summed E-state index contributed by atoms with van der Waals surface area (Å²) in [4.78, 5) is 38.9. The molecule has 0 atom stereocenters. The van der Waals surface area contributed by atoms with Crippen LogP contribution in [0.3, 0.4) is 0 Å². The number of aromatic nitrogens is 1. The van der Waals surface area contributed by atoms with Gasteiger partial charge in [-0.15, -0.1) is 11.3 Å². The molecule has 1 aromatic carbocycles. The maximum atomic E-state index is 12.9. The van der Waals surface area contributed by atoms with Crippen molar-refractivity contribution in [1.29, 1.82) is 0 Å². The van der Waals surface area contributed by atoms with Crippen molar-refractivity contribution < 1.29 is 23.5 Å². The minimum Gasteiger partial charge on any atom is -0.451 e. The second kappa shape index (κ2) is 7.39. The van der Waals surface area contributed by atoms with Crippen LogP contribution in [0.15, 0.2) is 29.6 Å². The fraction of sp³-hybridized carbons (Fsp3) is 0.250. The molecule has 1 saturated carbocycles. The number of carbonyl (C=O) groups is 3. The molecule has 0 unspecified atom stereocenters. The van der Waals surface area contributed by atoms with Crippen LogP contribution < -0.4 is 10.6 Å². The van der Waals surface area contributed by atoms with Crippen LogP contribution in [0, 0.1) is 5.82 Å². The number of hydrogen-bond acceptors (Lipinski definition) is 6. The van der Waals surface area contributed by atoms with Crippen molar-refractivity contribution in [3.63, 3.8) is 0 Å². The molecule has 130 valence electrons. The van der Waals surface area contributed by atoms with Crippen molar-refractivity contribution in [3.8, 4) is 10.6 Å². The van der Waals surface area contributed by atoms with Gasteiger partial charge in [-0.3, -0.25) is 10.1 Å².